The summed E-state index contributed by atoms with van der Waals surface area (Å²) >= 11 is 0. The van der Waals surface area contributed by atoms with Crippen LogP contribution in [0.3, 0.4) is 0 Å². The Kier molecular flexibility index (Phi) is 3.64. The Morgan fingerprint density at radius 1 is 0.818 bits per heavy atom. The van der Waals surface area contributed by atoms with Gasteiger partial charge in [0.2, 0.25) is 0 Å². The molecule has 1 aromatic heterocycles. The number of rotatable bonds is 3. The van der Waals surface area contributed by atoms with Crippen molar-refractivity contribution in [2.45, 2.75) is 32.1 Å². The second-order valence-electron chi connectivity index (χ2n) is 6.40. The van der Waals surface area contributed by atoms with E-state index in [2.05, 4.69) is 54.6 Å². The van der Waals surface area contributed by atoms with E-state index in [0.717, 1.165) is 17.1 Å². The minimum atomic E-state index is 0.874. The van der Waals surface area contributed by atoms with Crippen LogP contribution >= 0.6 is 0 Å². The van der Waals surface area contributed by atoms with Crippen LogP contribution in [0.25, 0.3) is 22.2 Å². The molecule has 0 saturated heterocycles. The largest absolute Gasteiger partial charge is 0.248 e. The first-order valence-corrected chi connectivity index (χ1v) is 8.34. The molecule has 0 radical (unpaired) electrons. The highest BCUT2D eigenvalue weighted by molar-refractivity contribution is 5.84. The minimum absolute atomic E-state index is 0.874. The molecule has 22 heavy (non-hydrogen) atoms. The summed E-state index contributed by atoms with van der Waals surface area (Å²) in [5, 5.41) is 1.33. The number of hydrogen-bond donors (Lipinski definition) is 0. The van der Waals surface area contributed by atoms with Crippen LogP contribution in [0.4, 0.5) is 0 Å². The maximum atomic E-state index is 4.88. The fourth-order valence-corrected chi connectivity index (χ4v) is 3.69. The number of aromatic nitrogens is 1. The van der Waals surface area contributed by atoms with E-state index in [-0.39, 0.29) is 0 Å². The lowest BCUT2D eigenvalue weighted by molar-refractivity contribution is 0.548. The van der Waals surface area contributed by atoms with Gasteiger partial charge in [0.1, 0.15) is 0 Å². The van der Waals surface area contributed by atoms with Crippen molar-refractivity contribution in [2.75, 3.05) is 0 Å². The van der Waals surface area contributed by atoms with Crippen molar-refractivity contribution in [3.8, 4) is 11.3 Å². The first kappa shape index (κ1) is 13.5. The third-order valence-corrected chi connectivity index (χ3v) is 4.88. The fraction of sp³-hybridized carbons (Fsp3) is 0.286. The first-order chi connectivity index (χ1) is 10.9. The van der Waals surface area contributed by atoms with Crippen LogP contribution in [0.2, 0.25) is 0 Å². The normalized spacial score (nSPS) is 15.5. The van der Waals surface area contributed by atoms with Gasteiger partial charge in [0.25, 0.3) is 0 Å². The van der Waals surface area contributed by atoms with Crippen molar-refractivity contribution in [1.82, 2.24) is 4.98 Å². The molecule has 0 bridgehead atoms. The maximum absolute atomic E-state index is 4.88. The van der Waals surface area contributed by atoms with Gasteiger partial charge in [-0.2, -0.15) is 0 Å². The van der Waals surface area contributed by atoms with E-state index in [1.807, 2.05) is 6.07 Å². The lowest BCUT2D eigenvalue weighted by Gasteiger charge is -2.12. The zero-order valence-corrected chi connectivity index (χ0v) is 12.8. The van der Waals surface area contributed by atoms with Crippen LogP contribution in [0.1, 0.15) is 31.2 Å². The smallest absolute Gasteiger partial charge is 0.0712 e. The Balaban J connectivity index is 1.72. The number of pyridine rings is 1. The molecule has 0 spiro atoms. The van der Waals surface area contributed by atoms with E-state index in [1.165, 1.54) is 48.6 Å². The van der Waals surface area contributed by atoms with Crippen molar-refractivity contribution >= 4 is 10.9 Å². The van der Waals surface area contributed by atoms with Crippen LogP contribution in [-0.2, 0) is 6.42 Å². The van der Waals surface area contributed by atoms with Crippen LogP contribution in [-0.4, -0.2) is 4.98 Å². The van der Waals surface area contributed by atoms with Crippen molar-refractivity contribution in [2.24, 2.45) is 5.92 Å². The average molecular weight is 287 g/mol. The van der Waals surface area contributed by atoms with Crippen LogP contribution in [0.5, 0.6) is 0 Å². The van der Waals surface area contributed by atoms with Crippen LogP contribution < -0.4 is 0 Å². The van der Waals surface area contributed by atoms with Crippen molar-refractivity contribution in [1.29, 1.82) is 0 Å². The Morgan fingerprint density at radius 2 is 1.64 bits per heavy atom. The Hall–Kier alpha value is -2.15. The maximum Gasteiger partial charge on any atom is 0.0712 e. The van der Waals surface area contributed by atoms with E-state index in [9.17, 15) is 0 Å². The van der Waals surface area contributed by atoms with Gasteiger partial charge in [0.15, 0.2) is 0 Å². The topological polar surface area (TPSA) is 12.9 Å². The molecule has 3 aromatic rings. The van der Waals surface area contributed by atoms with E-state index in [0.29, 0.717) is 0 Å². The molecule has 0 amide bonds. The Labute approximate surface area is 132 Å². The molecule has 0 unspecified atom stereocenters. The molecular formula is C21H21N. The number of nitrogens with zero attached hydrogens (tertiary/aromatic N) is 1. The summed E-state index contributed by atoms with van der Waals surface area (Å²) in [5.41, 5.74) is 4.84. The lowest BCUT2D eigenvalue weighted by atomic mass is 9.95. The molecule has 1 heteroatoms. The molecule has 4 rings (SSSR count). The van der Waals surface area contributed by atoms with Crippen molar-refractivity contribution < 1.29 is 0 Å². The summed E-state index contributed by atoms with van der Waals surface area (Å²) in [5.74, 6) is 0.874. The van der Waals surface area contributed by atoms with Crippen molar-refractivity contribution in [3.63, 3.8) is 0 Å². The van der Waals surface area contributed by atoms with Gasteiger partial charge in [-0.15, -0.1) is 0 Å². The van der Waals surface area contributed by atoms with E-state index >= 15 is 0 Å². The quantitative estimate of drug-likeness (QED) is 0.608. The van der Waals surface area contributed by atoms with E-state index in [1.54, 1.807) is 0 Å². The summed E-state index contributed by atoms with van der Waals surface area (Å²) < 4.78 is 0. The molecule has 1 aliphatic carbocycles. The summed E-state index contributed by atoms with van der Waals surface area (Å²) in [7, 11) is 0. The van der Waals surface area contributed by atoms with Gasteiger partial charge in [0, 0.05) is 10.9 Å². The highest BCUT2D eigenvalue weighted by Gasteiger charge is 2.16. The van der Waals surface area contributed by atoms with Crippen LogP contribution in [0, 0.1) is 5.92 Å². The average Bonchev–Trinajstić information content (AvgIpc) is 3.08. The zero-order chi connectivity index (χ0) is 14.8. The van der Waals surface area contributed by atoms with E-state index < -0.39 is 0 Å². The van der Waals surface area contributed by atoms with E-state index in [4.69, 9.17) is 4.98 Å². The molecular weight excluding hydrogens is 266 g/mol. The predicted octanol–water partition coefficient (Wildman–Crippen LogP) is 5.63. The molecule has 110 valence electrons. The molecule has 1 heterocycles. The zero-order valence-electron chi connectivity index (χ0n) is 12.8. The number of benzene rings is 2. The number of fused-ring (bicyclic) bond motifs is 1. The summed E-state index contributed by atoms with van der Waals surface area (Å²) in [6, 6.07) is 21.4. The SMILES string of the molecule is c1ccc(-c2ccc3c(CC4CCCC4)cccc3n2)cc1. The predicted molar refractivity (Wildman–Crippen MR) is 92.8 cm³/mol. The molecule has 0 aliphatic heterocycles. The van der Waals surface area contributed by atoms with Gasteiger partial charge in [-0.1, -0.05) is 74.2 Å². The van der Waals surface area contributed by atoms with Gasteiger partial charge in [-0.05, 0) is 30.0 Å². The standard InChI is InChI=1S/C21H21N/c1-2-9-17(10-3-1)20-14-13-19-18(11-6-12-21(19)22-20)15-16-7-4-5-8-16/h1-3,6,9-14,16H,4-5,7-8,15H2. The second kappa shape index (κ2) is 5.92. The minimum Gasteiger partial charge on any atom is -0.248 e. The molecule has 0 N–H and O–H groups in total. The summed E-state index contributed by atoms with van der Waals surface area (Å²) in [6.45, 7) is 0. The summed E-state index contributed by atoms with van der Waals surface area (Å²) in [4.78, 5) is 4.88. The fourth-order valence-electron chi connectivity index (χ4n) is 3.69. The van der Waals surface area contributed by atoms with Gasteiger partial charge in [-0.3, -0.25) is 0 Å². The van der Waals surface area contributed by atoms with Gasteiger partial charge in [-0.25, -0.2) is 4.98 Å². The Morgan fingerprint density at radius 3 is 2.45 bits per heavy atom. The second-order valence-corrected chi connectivity index (χ2v) is 6.40. The van der Waals surface area contributed by atoms with Gasteiger partial charge in [0.05, 0.1) is 11.2 Å². The molecule has 0 atom stereocenters. The first-order valence-electron chi connectivity index (χ1n) is 8.34. The highest BCUT2D eigenvalue weighted by Crippen LogP contribution is 2.31. The molecule has 2 aromatic carbocycles. The third-order valence-electron chi connectivity index (χ3n) is 4.88. The molecule has 1 saturated carbocycles. The van der Waals surface area contributed by atoms with Crippen molar-refractivity contribution in [3.05, 3.63) is 66.2 Å². The van der Waals surface area contributed by atoms with Crippen LogP contribution in [0.15, 0.2) is 60.7 Å². The Bertz CT molecular complexity index is 770. The van der Waals surface area contributed by atoms with Gasteiger partial charge >= 0.3 is 0 Å². The highest BCUT2D eigenvalue weighted by atomic mass is 14.7. The van der Waals surface area contributed by atoms with Gasteiger partial charge < -0.3 is 0 Å². The molecule has 1 nitrogen and oxygen atoms in total. The number of hydrogen-bond acceptors (Lipinski definition) is 1. The lowest BCUT2D eigenvalue weighted by Crippen LogP contribution is -2.00. The monoisotopic (exact) mass is 287 g/mol. The molecule has 1 fully saturated rings. The third kappa shape index (κ3) is 2.64. The molecule has 1 aliphatic rings. The summed E-state index contributed by atoms with van der Waals surface area (Å²) in [6.07, 6.45) is 6.82.